The van der Waals surface area contributed by atoms with Crippen LogP contribution in [0.4, 0.5) is 4.79 Å². The molecule has 6 heteroatoms. The molecule has 1 aromatic carbocycles. The molecule has 1 aliphatic rings. The number of imidazole rings is 1. The lowest BCUT2D eigenvalue weighted by Gasteiger charge is -2.31. The van der Waals surface area contributed by atoms with Gasteiger partial charge in [-0.3, -0.25) is 0 Å². The summed E-state index contributed by atoms with van der Waals surface area (Å²) in [6.45, 7) is 1.48. The summed E-state index contributed by atoms with van der Waals surface area (Å²) >= 11 is 0. The second kappa shape index (κ2) is 7.31. The van der Waals surface area contributed by atoms with Crippen LogP contribution in [0, 0.1) is 0 Å². The number of carbonyl (C=O) groups excluding carboxylic acids is 1. The molecule has 0 aliphatic carbocycles. The van der Waals surface area contributed by atoms with E-state index in [4.69, 9.17) is 9.72 Å². The Balaban J connectivity index is 1.77. The molecule has 1 saturated heterocycles. The van der Waals surface area contributed by atoms with Crippen LogP contribution in [0.1, 0.15) is 24.6 Å². The third-order valence-electron chi connectivity index (χ3n) is 5.21. The number of hydrogen-bond donors (Lipinski definition) is 1. The summed E-state index contributed by atoms with van der Waals surface area (Å²) < 4.78 is 7.54. The van der Waals surface area contributed by atoms with Crippen LogP contribution in [0.2, 0.25) is 0 Å². The van der Waals surface area contributed by atoms with Crippen LogP contribution in [0.5, 0.6) is 5.75 Å². The lowest BCUT2D eigenvalue weighted by Crippen LogP contribution is -2.44. The third kappa shape index (κ3) is 3.23. The highest BCUT2D eigenvalue weighted by atomic mass is 16.5. The van der Waals surface area contributed by atoms with Crippen molar-refractivity contribution in [1.82, 2.24) is 19.6 Å². The van der Waals surface area contributed by atoms with Crippen molar-refractivity contribution in [2.24, 2.45) is 0 Å². The lowest BCUT2D eigenvalue weighted by molar-refractivity contribution is 0.180. The van der Waals surface area contributed by atoms with E-state index in [0.29, 0.717) is 6.54 Å². The highest BCUT2D eigenvalue weighted by molar-refractivity contribution is 5.78. The number of ether oxygens (including phenoxy) is 1. The first-order chi connectivity index (χ1) is 13.2. The number of hydrogen-bond acceptors (Lipinski definition) is 3. The van der Waals surface area contributed by atoms with Gasteiger partial charge in [-0.15, -0.1) is 0 Å². The zero-order valence-electron chi connectivity index (χ0n) is 15.7. The first kappa shape index (κ1) is 17.4. The van der Waals surface area contributed by atoms with Gasteiger partial charge in [0.25, 0.3) is 0 Å². The maximum Gasteiger partial charge on any atom is 0.317 e. The number of nitrogens with zero attached hydrogens (tertiary/aromatic N) is 3. The quantitative estimate of drug-likeness (QED) is 0.773. The van der Waals surface area contributed by atoms with Crippen LogP contribution < -0.4 is 10.1 Å². The molecule has 3 heterocycles. The van der Waals surface area contributed by atoms with E-state index in [0.717, 1.165) is 47.7 Å². The molecule has 0 bridgehead atoms. The second-order valence-corrected chi connectivity index (χ2v) is 6.85. The fraction of sp³-hybridized carbons (Fsp3) is 0.333. The molecule has 1 aliphatic heterocycles. The number of likely N-dealkylation sites (tertiary alicyclic amines) is 1. The Kier molecular flexibility index (Phi) is 4.71. The summed E-state index contributed by atoms with van der Waals surface area (Å²) in [5.41, 5.74) is 3.04. The molecule has 3 aromatic rings. The molecule has 0 spiro atoms. The van der Waals surface area contributed by atoms with Crippen molar-refractivity contribution >= 4 is 11.5 Å². The van der Waals surface area contributed by atoms with Gasteiger partial charge in [0.2, 0.25) is 0 Å². The average Bonchev–Trinajstić information content (AvgIpc) is 3.13. The number of pyridine rings is 1. The molecule has 2 amide bonds. The SMILES string of the molecule is CNC(=O)N1CCC[C@H](c2nc(-c3cccc(OC)c3)c3ccccn23)C1. The fourth-order valence-electron chi connectivity index (χ4n) is 3.86. The number of carbonyl (C=O) groups is 1. The molecule has 0 saturated carbocycles. The van der Waals surface area contributed by atoms with E-state index in [1.165, 1.54) is 0 Å². The van der Waals surface area contributed by atoms with Gasteiger partial charge < -0.3 is 19.4 Å². The maximum absolute atomic E-state index is 12.1. The topological polar surface area (TPSA) is 58.9 Å². The van der Waals surface area contributed by atoms with E-state index < -0.39 is 0 Å². The third-order valence-corrected chi connectivity index (χ3v) is 5.21. The van der Waals surface area contributed by atoms with Crippen LogP contribution in [0.3, 0.4) is 0 Å². The van der Waals surface area contributed by atoms with Crippen LogP contribution in [-0.2, 0) is 0 Å². The number of rotatable bonds is 3. The molecule has 6 nitrogen and oxygen atoms in total. The Morgan fingerprint density at radius 3 is 2.96 bits per heavy atom. The fourth-order valence-corrected chi connectivity index (χ4v) is 3.86. The molecular formula is C21H24N4O2. The molecule has 27 heavy (non-hydrogen) atoms. The van der Waals surface area contributed by atoms with Crippen LogP contribution in [-0.4, -0.2) is 47.6 Å². The van der Waals surface area contributed by atoms with Crippen molar-refractivity contribution in [3.63, 3.8) is 0 Å². The molecule has 0 unspecified atom stereocenters. The van der Waals surface area contributed by atoms with Gasteiger partial charge in [-0.25, -0.2) is 9.78 Å². The van der Waals surface area contributed by atoms with Crippen molar-refractivity contribution < 1.29 is 9.53 Å². The van der Waals surface area contributed by atoms with Gasteiger partial charge in [0.15, 0.2) is 0 Å². The van der Waals surface area contributed by atoms with Crippen LogP contribution >= 0.6 is 0 Å². The molecular weight excluding hydrogens is 340 g/mol. The highest BCUT2D eigenvalue weighted by Gasteiger charge is 2.28. The zero-order chi connectivity index (χ0) is 18.8. The van der Waals surface area contributed by atoms with Gasteiger partial charge in [-0.05, 0) is 37.1 Å². The molecule has 2 aromatic heterocycles. The van der Waals surface area contributed by atoms with Crippen LogP contribution in [0.25, 0.3) is 16.8 Å². The monoisotopic (exact) mass is 364 g/mol. The number of fused-ring (bicyclic) bond motifs is 1. The van der Waals surface area contributed by atoms with Crippen molar-refractivity contribution in [3.05, 3.63) is 54.5 Å². The number of methoxy groups -OCH3 is 1. The van der Waals surface area contributed by atoms with Crippen molar-refractivity contribution in [2.75, 3.05) is 27.2 Å². The normalized spacial score (nSPS) is 17.1. The van der Waals surface area contributed by atoms with Gasteiger partial charge in [0.1, 0.15) is 11.6 Å². The van der Waals surface area contributed by atoms with Gasteiger partial charge in [-0.2, -0.15) is 0 Å². The highest BCUT2D eigenvalue weighted by Crippen LogP contribution is 2.33. The zero-order valence-corrected chi connectivity index (χ0v) is 15.7. The van der Waals surface area contributed by atoms with Gasteiger partial charge in [-0.1, -0.05) is 18.2 Å². The first-order valence-electron chi connectivity index (χ1n) is 9.29. The minimum atomic E-state index is -0.0198. The minimum absolute atomic E-state index is 0.0198. The summed E-state index contributed by atoms with van der Waals surface area (Å²) in [5.74, 6) is 2.04. The predicted octanol–water partition coefficient (Wildman–Crippen LogP) is 3.53. The number of amides is 2. The van der Waals surface area contributed by atoms with Crippen molar-refractivity contribution in [2.45, 2.75) is 18.8 Å². The van der Waals surface area contributed by atoms with Gasteiger partial charge in [0, 0.05) is 37.8 Å². The minimum Gasteiger partial charge on any atom is -0.497 e. The molecule has 4 rings (SSSR count). The number of piperidine rings is 1. The number of nitrogens with one attached hydrogen (secondary N) is 1. The lowest BCUT2D eigenvalue weighted by atomic mass is 9.97. The standard InChI is InChI=1S/C21H24N4O2/c1-22-21(26)24-11-6-8-16(14-24)20-23-19(18-10-3-4-12-25(18)20)15-7-5-9-17(13-15)27-2/h3-5,7,9-10,12-13,16H,6,8,11,14H2,1-2H3,(H,22,26)/t16-/m0/s1. The Labute approximate surface area is 158 Å². The molecule has 1 atom stereocenters. The second-order valence-electron chi connectivity index (χ2n) is 6.85. The van der Waals surface area contributed by atoms with Crippen molar-refractivity contribution in [3.8, 4) is 17.0 Å². The smallest absolute Gasteiger partial charge is 0.317 e. The summed E-state index contributed by atoms with van der Waals surface area (Å²) in [7, 11) is 3.35. The first-order valence-corrected chi connectivity index (χ1v) is 9.29. The Hall–Kier alpha value is -3.02. The Bertz CT molecular complexity index is 966. The maximum atomic E-state index is 12.1. The van der Waals surface area contributed by atoms with Gasteiger partial charge in [0.05, 0.1) is 18.3 Å². The van der Waals surface area contributed by atoms with E-state index in [9.17, 15) is 4.79 Å². The number of aromatic nitrogens is 2. The molecule has 1 fully saturated rings. The van der Waals surface area contributed by atoms with E-state index in [1.807, 2.05) is 35.2 Å². The largest absolute Gasteiger partial charge is 0.497 e. The van der Waals surface area contributed by atoms with Gasteiger partial charge >= 0.3 is 6.03 Å². The van der Waals surface area contributed by atoms with Crippen molar-refractivity contribution in [1.29, 1.82) is 0 Å². The summed E-state index contributed by atoms with van der Waals surface area (Å²) in [6.07, 6.45) is 4.06. The predicted molar refractivity (Wildman–Crippen MR) is 105 cm³/mol. The molecule has 1 N–H and O–H groups in total. The van der Waals surface area contributed by atoms with Crippen LogP contribution in [0.15, 0.2) is 48.7 Å². The number of benzene rings is 1. The molecule has 140 valence electrons. The Morgan fingerprint density at radius 1 is 1.26 bits per heavy atom. The van der Waals surface area contributed by atoms with E-state index >= 15 is 0 Å². The van der Waals surface area contributed by atoms with E-state index in [2.05, 4.69) is 28.0 Å². The summed E-state index contributed by atoms with van der Waals surface area (Å²) in [6, 6.07) is 14.1. The molecule has 0 radical (unpaired) electrons. The average molecular weight is 364 g/mol. The summed E-state index contributed by atoms with van der Waals surface area (Å²) in [4.78, 5) is 19.0. The van der Waals surface area contributed by atoms with E-state index in [1.54, 1.807) is 14.2 Å². The Morgan fingerprint density at radius 2 is 2.15 bits per heavy atom. The number of urea groups is 1. The van der Waals surface area contributed by atoms with E-state index in [-0.39, 0.29) is 11.9 Å². The summed E-state index contributed by atoms with van der Waals surface area (Å²) in [5, 5.41) is 2.73.